The van der Waals surface area contributed by atoms with Gasteiger partial charge in [-0.2, -0.15) is 0 Å². The first-order chi connectivity index (χ1) is 16.9. The molecule has 0 spiro atoms. The van der Waals surface area contributed by atoms with Crippen molar-refractivity contribution in [3.8, 4) is 17.0 Å². The number of fused-ring (bicyclic) bond motifs is 4. The van der Waals surface area contributed by atoms with Crippen molar-refractivity contribution < 1.29 is 5.11 Å². The molecule has 35 heavy (non-hydrogen) atoms. The minimum Gasteiger partial charge on any atom is -0.508 e. The van der Waals surface area contributed by atoms with Gasteiger partial charge in [0.25, 0.3) is 5.56 Å². The summed E-state index contributed by atoms with van der Waals surface area (Å²) in [4.78, 5) is 26.8. The van der Waals surface area contributed by atoms with Crippen LogP contribution in [0.25, 0.3) is 27.9 Å². The number of nitrogens with zero attached hydrogens (tertiary/aromatic N) is 3. The number of rotatable bonds is 2. The number of aryl methyl sites for hydroxylation is 2. The average molecular weight is 467 g/mol. The van der Waals surface area contributed by atoms with E-state index in [1.165, 1.54) is 11.6 Å². The van der Waals surface area contributed by atoms with E-state index in [1.54, 1.807) is 23.7 Å². The van der Waals surface area contributed by atoms with Crippen LogP contribution in [-0.4, -0.2) is 18.8 Å². The molecule has 7 heteroatoms. The highest BCUT2D eigenvalue weighted by Gasteiger charge is 2.35. The van der Waals surface area contributed by atoms with Crippen LogP contribution in [0.15, 0.2) is 76.0 Å². The van der Waals surface area contributed by atoms with Crippen LogP contribution in [0.5, 0.6) is 5.75 Å². The van der Waals surface area contributed by atoms with Crippen LogP contribution in [0, 0.1) is 6.92 Å². The minimum atomic E-state index is -0.362. The lowest BCUT2D eigenvalue weighted by Crippen LogP contribution is -2.37. The molecule has 0 bridgehead atoms. The van der Waals surface area contributed by atoms with E-state index < -0.39 is 0 Å². The van der Waals surface area contributed by atoms with Gasteiger partial charge in [0.1, 0.15) is 5.75 Å². The van der Waals surface area contributed by atoms with Gasteiger partial charge in [-0.05, 0) is 55.2 Å². The second-order valence-electron chi connectivity index (χ2n) is 9.34. The molecule has 4 aromatic rings. The zero-order chi connectivity index (χ0) is 24.4. The summed E-state index contributed by atoms with van der Waals surface area (Å²) >= 11 is 0. The monoisotopic (exact) mass is 466 g/mol. The van der Waals surface area contributed by atoms with Crippen LogP contribution >= 0.6 is 0 Å². The van der Waals surface area contributed by atoms with Gasteiger partial charge in [0.15, 0.2) is 0 Å². The smallest absolute Gasteiger partial charge is 0.331 e. The number of phenolic OH excluding ortho intramolecular Hbond substituents is 1. The third-order valence-electron chi connectivity index (χ3n) is 7.11. The molecular weight excluding hydrogens is 440 g/mol. The minimum absolute atomic E-state index is 0.184. The SMILES string of the molecule is Cc1cccc(-c2c3c(=O)n(C)c(=O)n(C)c3c3n2C2=C(C=CCC2)NC3c2ccc(O)cc2)c1. The summed E-state index contributed by atoms with van der Waals surface area (Å²) in [6.45, 7) is 2.04. The summed E-state index contributed by atoms with van der Waals surface area (Å²) in [6.07, 6.45) is 5.94. The maximum Gasteiger partial charge on any atom is 0.331 e. The fourth-order valence-corrected chi connectivity index (χ4v) is 5.46. The van der Waals surface area contributed by atoms with E-state index in [9.17, 15) is 14.7 Å². The fourth-order valence-electron chi connectivity index (χ4n) is 5.46. The van der Waals surface area contributed by atoms with Crippen molar-refractivity contribution >= 4 is 16.6 Å². The van der Waals surface area contributed by atoms with Crippen molar-refractivity contribution in [2.75, 3.05) is 0 Å². The van der Waals surface area contributed by atoms with Crippen molar-refractivity contribution in [1.82, 2.24) is 19.0 Å². The molecule has 0 radical (unpaired) electrons. The second kappa shape index (κ2) is 7.63. The van der Waals surface area contributed by atoms with Gasteiger partial charge in [0.2, 0.25) is 0 Å². The number of aromatic nitrogens is 3. The maximum atomic E-state index is 13.7. The third kappa shape index (κ3) is 3.04. The highest BCUT2D eigenvalue weighted by molar-refractivity contribution is 5.99. The van der Waals surface area contributed by atoms with E-state index in [-0.39, 0.29) is 23.0 Å². The lowest BCUT2D eigenvalue weighted by molar-refractivity contribution is 0.474. The van der Waals surface area contributed by atoms with Crippen molar-refractivity contribution in [1.29, 1.82) is 0 Å². The normalized spacial score (nSPS) is 16.8. The Morgan fingerprint density at radius 1 is 1.03 bits per heavy atom. The standard InChI is InChI=1S/C28H26N4O3/c1-16-7-6-8-18(15-16)24-22-25(30(2)28(35)31(3)27(22)34)26-23(17-11-13-19(33)14-12-17)29-20-9-4-5-10-21(20)32(24)26/h4,6-9,11-15,23,29,33H,5,10H2,1-3H3. The van der Waals surface area contributed by atoms with E-state index in [2.05, 4.69) is 28.1 Å². The van der Waals surface area contributed by atoms with E-state index in [1.807, 2.05) is 37.3 Å². The van der Waals surface area contributed by atoms with Crippen molar-refractivity contribution in [3.63, 3.8) is 0 Å². The van der Waals surface area contributed by atoms with Gasteiger partial charge in [0.05, 0.1) is 34.0 Å². The number of nitrogens with one attached hydrogen (secondary N) is 1. The molecule has 2 aliphatic rings. The molecule has 3 heterocycles. The van der Waals surface area contributed by atoms with Crippen LogP contribution in [0.3, 0.4) is 0 Å². The topological polar surface area (TPSA) is 81.2 Å². The molecule has 2 aromatic carbocycles. The number of phenols is 1. The number of hydrogen-bond donors (Lipinski definition) is 2. The molecule has 1 aliphatic carbocycles. The quantitative estimate of drug-likeness (QED) is 0.469. The molecule has 2 aromatic heterocycles. The molecule has 0 saturated heterocycles. The Morgan fingerprint density at radius 3 is 2.54 bits per heavy atom. The summed E-state index contributed by atoms with van der Waals surface area (Å²) < 4.78 is 4.97. The van der Waals surface area contributed by atoms with Gasteiger partial charge in [-0.1, -0.05) is 42.0 Å². The van der Waals surface area contributed by atoms with Gasteiger partial charge >= 0.3 is 5.69 Å². The molecule has 1 atom stereocenters. The summed E-state index contributed by atoms with van der Waals surface area (Å²) in [5.74, 6) is 0.184. The van der Waals surface area contributed by atoms with E-state index in [4.69, 9.17) is 0 Å². The number of hydrogen-bond acceptors (Lipinski definition) is 4. The lowest BCUT2D eigenvalue weighted by Gasteiger charge is -2.33. The Hall–Kier alpha value is -4.26. The Bertz CT molecular complexity index is 1700. The van der Waals surface area contributed by atoms with Crippen LogP contribution in [0.4, 0.5) is 0 Å². The summed E-state index contributed by atoms with van der Waals surface area (Å²) in [6, 6.07) is 14.9. The Labute approximate surface area is 201 Å². The van der Waals surface area contributed by atoms with E-state index in [0.717, 1.165) is 52.3 Å². The van der Waals surface area contributed by atoms with Crippen LogP contribution in [0.2, 0.25) is 0 Å². The van der Waals surface area contributed by atoms with Crippen LogP contribution in [-0.2, 0) is 14.1 Å². The van der Waals surface area contributed by atoms with Crippen LogP contribution in [0.1, 0.15) is 35.7 Å². The molecule has 176 valence electrons. The van der Waals surface area contributed by atoms with Gasteiger partial charge in [-0.25, -0.2) is 4.79 Å². The number of aromatic hydroxyl groups is 1. The zero-order valence-electron chi connectivity index (χ0n) is 19.9. The van der Waals surface area contributed by atoms with Crippen molar-refractivity contribution in [2.45, 2.75) is 25.8 Å². The first-order valence-electron chi connectivity index (χ1n) is 11.7. The zero-order valence-corrected chi connectivity index (χ0v) is 19.9. The lowest BCUT2D eigenvalue weighted by atomic mass is 9.97. The summed E-state index contributed by atoms with van der Waals surface area (Å²) in [5.41, 5.74) is 6.66. The van der Waals surface area contributed by atoms with Gasteiger partial charge in [-0.15, -0.1) is 0 Å². The largest absolute Gasteiger partial charge is 0.508 e. The molecular formula is C28H26N4O3. The molecule has 2 N–H and O–H groups in total. The second-order valence-corrected chi connectivity index (χ2v) is 9.34. The Balaban J connectivity index is 1.84. The van der Waals surface area contributed by atoms with Crippen molar-refractivity contribution in [3.05, 3.63) is 104 Å². The highest BCUT2D eigenvalue weighted by Crippen LogP contribution is 2.44. The Morgan fingerprint density at radius 2 is 1.80 bits per heavy atom. The maximum absolute atomic E-state index is 13.7. The summed E-state index contributed by atoms with van der Waals surface area (Å²) in [5, 5.41) is 14.1. The van der Waals surface area contributed by atoms with Gasteiger partial charge in [-0.3, -0.25) is 13.9 Å². The molecule has 0 fully saturated rings. The predicted molar refractivity (Wildman–Crippen MR) is 137 cm³/mol. The predicted octanol–water partition coefficient (Wildman–Crippen LogP) is 3.93. The fraction of sp³-hybridized carbons (Fsp3) is 0.214. The van der Waals surface area contributed by atoms with E-state index in [0.29, 0.717) is 10.9 Å². The molecule has 0 saturated carbocycles. The van der Waals surface area contributed by atoms with Crippen LogP contribution < -0.4 is 16.6 Å². The van der Waals surface area contributed by atoms with Gasteiger partial charge < -0.3 is 15.0 Å². The Kier molecular flexibility index (Phi) is 4.64. The van der Waals surface area contributed by atoms with E-state index >= 15 is 0 Å². The number of allylic oxidation sites excluding steroid dienone is 3. The molecule has 7 nitrogen and oxygen atoms in total. The first kappa shape index (κ1) is 21.3. The molecule has 1 aliphatic heterocycles. The number of benzene rings is 2. The molecule has 0 amide bonds. The molecule has 6 rings (SSSR count). The third-order valence-corrected chi connectivity index (χ3v) is 7.11. The highest BCUT2D eigenvalue weighted by atomic mass is 16.3. The van der Waals surface area contributed by atoms with Crippen molar-refractivity contribution in [2.24, 2.45) is 14.1 Å². The van der Waals surface area contributed by atoms with Gasteiger partial charge in [0, 0.05) is 19.8 Å². The molecule has 1 unspecified atom stereocenters. The summed E-state index contributed by atoms with van der Waals surface area (Å²) in [7, 11) is 3.26. The average Bonchev–Trinajstić information content (AvgIpc) is 3.23. The first-order valence-corrected chi connectivity index (χ1v) is 11.7.